The molecule has 1 aromatic rings. The monoisotopic (exact) mass is 338 g/mol. The summed E-state index contributed by atoms with van der Waals surface area (Å²) in [5.74, 6) is 1.56. The summed E-state index contributed by atoms with van der Waals surface area (Å²) >= 11 is 0. The van der Waals surface area contributed by atoms with Crippen LogP contribution >= 0.6 is 0 Å². The Kier molecular flexibility index (Phi) is 5.18. The summed E-state index contributed by atoms with van der Waals surface area (Å²) in [6.07, 6.45) is 4.55. The molecule has 2 aliphatic rings. The van der Waals surface area contributed by atoms with Crippen molar-refractivity contribution < 1.29 is 8.42 Å². The van der Waals surface area contributed by atoms with Gasteiger partial charge in [0.05, 0.1) is 0 Å². The lowest BCUT2D eigenvalue weighted by Gasteiger charge is -2.33. The van der Waals surface area contributed by atoms with E-state index >= 15 is 0 Å². The van der Waals surface area contributed by atoms with E-state index in [1.54, 1.807) is 14.8 Å². The van der Waals surface area contributed by atoms with Crippen molar-refractivity contribution in [2.45, 2.75) is 26.2 Å². The van der Waals surface area contributed by atoms with Gasteiger partial charge in [0, 0.05) is 45.5 Å². The van der Waals surface area contributed by atoms with Crippen LogP contribution in [-0.4, -0.2) is 61.3 Å². The summed E-state index contributed by atoms with van der Waals surface area (Å²) in [6, 6.07) is 5.85. The number of anilines is 1. The summed E-state index contributed by atoms with van der Waals surface area (Å²) in [6.45, 7) is 6.18. The molecule has 3 rings (SSSR count). The summed E-state index contributed by atoms with van der Waals surface area (Å²) < 4.78 is 29.1. The third-order valence-corrected chi connectivity index (χ3v) is 6.86. The molecule has 128 valence electrons. The van der Waals surface area contributed by atoms with Gasteiger partial charge in [-0.15, -0.1) is 0 Å². The molecule has 7 heteroatoms. The fourth-order valence-corrected chi connectivity index (χ4v) is 4.94. The van der Waals surface area contributed by atoms with E-state index < -0.39 is 10.2 Å². The van der Waals surface area contributed by atoms with E-state index in [-0.39, 0.29) is 0 Å². The summed E-state index contributed by atoms with van der Waals surface area (Å²) in [7, 11) is -3.32. The van der Waals surface area contributed by atoms with Crippen LogP contribution in [0.3, 0.4) is 0 Å². The van der Waals surface area contributed by atoms with Gasteiger partial charge in [-0.1, -0.05) is 13.0 Å². The van der Waals surface area contributed by atoms with Gasteiger partial charge in [-0.3, -0.25) is 0 Å². The van der Waals surface area contributed by atoms with Crippen molar-refractivity contribution in [3.05, 3.63) is 24.4 Å². The van der Waals surface area contributed by atoms with Gasteiger partial charge >= 0.3 is 0 Å². The maximum Gasteiger partial charge on any atom is 0.282 e. The van der Waals surface area contributed by atoms with Crippen molar-refractivity contribution in [3.63, 3.8) is 0 Å². The molecular formula is C16H26N4O2S. The Labute approximate surface area is 139 Å². The van der Waals surface area contributed by atoms with Gasteiger partial charge < -0.3 is 4.90 Å². The van der Waals surface area contributed by atoms with Crippen LogP contribution < -0.4 is 4.90 Å². The van der Waals surface area contributed by atoms with E-state index in [9.17, 15) is 8.42 Å². The molecule has 2 saturated heterocycles. The highest BCUT2D eigenvalue weighted by atomic mass is 32.2. The molecule has 0 saturated carbocycles. The van der Waals surface area contributed by atoms with Gasteiger partial charge in [0.1, 0.15) is 5.82 Å². The Hall–Kier alpha value is -1.18. The highest BCUT2D eigenvalue weighted by Crippen LogP contribution is 2.22. The van der Waals surface area contributed by atoms with Crippen molar-refractivity contribution >= 4 is 16.0 Å². The van der Waals surface area contributed by atoms with E-state index in [2.05, 4.69) is 16.8 Å². The predicted molar refractivity (Wildman–Crippen MR) is 91.5 cm³/mol. The Morgan fingerprint density at radius 1 is 1.00 bits per heavy atom. The third-order valence-electron chi connectivity index (χ3n) is 4.82. The van der Waals surface area contributed by atoms with Gasteiger partial charge in [-0.2, -0.15) is 17.0 Å². The zero-order valence-corrected chi connectivity index (χ0v) is 14.6. The topological polar surface area (TPSA) is 56.8 Å². The van der Waals surface area contributed by atoms with Crippen LogP contribution in [0.5, 0.6) is 0 Å². The number of aromatic nitrogens is 1. The number of hydrogen-bond acceptors (Lipinski definition) is 4. The second-order valence-electron chi connectivity index (χ2n) is 6.52. The van der Waals surface area contributed by atoms with Crippen LogP contribution in [0.25, 0.3) is 0 Å². The molecule has 2 aliphatic heterocycles. The highest BCUT2D eigenvalue weighted by Gasteiger charge is 2.33. The molecular weight excluding hydrogens is 312 g/mol. The van der Waals surface area contributed by atoms with Crippen molar-refractivity contribution in [1.29, 1.82) is 0 Å². The molecule has 6 nitrogen and oxygen atoms in total. The molecule has 0 unspecified atom stereocenters. The van der Waals surface area contributed by atoms with Gasteiger partial charge in [-0.05, 0) is 37.3 Å². The van der Waals surface area contributed by atoms with Gasteiger partial charge in [0.25, 0.3) is 10.2 Å². The van der Waals surface area contributed by atoms with Gasteiger partial charge in [-0.25, -0.2) is 4.98 Å². The van der Waals surface area contributed by atoms with Crippen LogP contribution in [0.4, 0.5) is 5.82 Å². The molecule has 0 N–H and O–H groups in total. The summed E-state index contributed by atoms with van der Waals surface area (Å²) in [4.78, 5) is 6.55. The van der Waals surface area contributed by atoms with Crippen molar-refractivity contribution in [1.82, 2.24) is 13.6 Å². The molecule has 0 aliphatic carbocycles. The first-order valence-corrected chi connectivity index (χ1v) is 9.88. The fraction of sp³-hybridized carbons (Fsp3) is 0.688. The largest absolute Gasteiger partial charge is 0.355 e. The third kappa shape index (κ3) is 3.84. The van der Waals surface area contributed by atoms with Crippen LogP contribution in [0.2, 0.25) is 0 Å². The molecule has 2 fully saturated rings. The number of rotatable bonds is 3. The predicted octanol–water partition coefficient (Wildman–Crippen LogP) is 1.57. The molecule has 23 heavy (non-hydrogen) atoms. The van der Waals surface area contributed by atoms with Crippen LogP contribution in [0, 0.1) is 5.92 Å². The number of pyridine rings is 1. The SMILES string of the molecule is CC1CCN(S(=O)(=O)N2CCCN(c3ccccn3)CC2)CC1. The maximum absolute atomic E-state index is 12.9. The van der Waals surface area contributed by atoms with Crippen LogP contribution in [0.1, 0.15) is 26.2 Å². The Balaban J connectivity index is 1.65. The van der Waals surface area contributed by atoms with Gasteiger partial charge in [0.15, 0.2) is 0 Å². The molecule has 0 aromatic carbocycles. The van der Waals surface area contributed by atoms with E-state index in [0.29, 0.717) is 38.6 Å². The second-order valence-corrected chi connectivity index (χ2v) is 8.45. The molecule has 0 spiro atoms. The average Bonchev–Trinajstić information content (AvgIpc) is 2.83. The number of nitrogens with zero attached hydrogens (tertiary/aromatic N) is 4. The smallest absolute Gasteiger partial charge is 0.282 e. The first-order valence-electron chi connectivity index (χ1n) is 8.48. The number of piperidine rings is 1. The molecule has 0 atom stereocenters. The van der Waals surface area contributed by atoms with Crippen LogP contribution in [0.15, 0.2) is 24.4 Å². The summed E-state index contributed by atoms with van der Waals surface area (Å²) in [5.41, 5.74) is 0. The Morgan fingerprint density at radius 2 is 1.74 bits per heavy atom. The van der Waals surface area contributed by atoms with Crippen LogP contribution in [-0.2, 0) is 10.2 Å². The molecule has 3 heterocycles. The minimum atomic E-state index is -3.32. The lowest BCUT2D eigenvalue weighted by Crippen LogP contribution is -2.48. The van der Waals surface area contributed by atoms with Crippen molar-refractivity contribution in [2.75, 3.05) is 44.2 Å². The van der Waals surface area contributed by atoms with E-state index in [4.69, 9.17) is 0 Å². The quantitative estimate of drug-likeness (QED) is 0.839. The Bertz CT molecular complexity index is 600. The van der Waals surface area contributed by atoms with E-state index in [1.165, 1.54) is 0 Å². The summed E-state index contributed by atoms with van der Waals surface area (Å²) in [5, 5.41) is 0. The minimum absolute atomic E-state index is 0.533. The molecule has 0 amide bonds. The zero-order valence-electron chi connectivity index (χ0n) is 13.8. The fourth-order valence-electron chi connectivity index (χ4n) is 3.27. The number of hydrogen-bond donors (Lipinski definition) is 0. The average molecular weight is 338 g/mol. The van der Waals surface area contributed by atoms with Gasteiger partial charge in [0.2, 0.25) is 0 Å². The van der Waals surface area contributed by atoms with Crippen molar-refractivity contribution in [2.24, 2.45) is 5.92 Å². The first-order chi connectivity index (χ1) is 11.1. The maximum atomic E-state index is 12.9. The minimum Gasteiger partial charge on any atom is -0.355 e. The standard InChI is InChI=1S/C16H26N4O2S/c1-15-6-11-20(12-7-15)23(21,22)19-10-4-9-18(13-14-19)16-5-2-3-8-17-16/h2-3,5,8,15H,4,6-7,9-14H2,1H3. The second kappa shape index (κ2) is 7.15. The lowest BCUT2D eigenvalue weighted by atomic mass is 10.0. The zero-order chi connectivity index (χ0) is 16.3. The molecule has 0 bridgehead atoms. The Morgan fingerprint density at radius 3 is 2.43 bits per heavy atom. The lowest BCUT2D eigenvalue weighted by molar-refractivity contribution is 0.266. The van der Waals surface area contributed by atoms with E-state index in [0.717, 1.165) is 31.6 Å². The molecule has 1 aromatic heterocycles. The van der Waals surface area contributed by atoms with E-state index in [1.807, 2.05) is 18.2 Å². The molecule has 0 radical (unpaired) electrons. The highest BCUT2D eigenvalue weighted by molar-refractivity contribution is 7.86. The first kappa shape index (κ1) is 16.7. The normalized spacial score (nSPS) is 22.9. The van der Waals surface area contributed by atoms with Crippen molar-refractivity contribution in [3.8, 4) is 0 Å².